The van der Waals surface area contributed by atoms with Gasteiger partial charge >= 0.3 is 0 Å². The Kier molecular flexibility index (Phi) is 6.20. The Morgan fingerprint density at radius 3 is 2.74 bits per heavy atom. The van der Waals surface area contributed by atoms with Crippen molar-refractivity contribution in [2.24, 2.45) is 5.73 Å². The van der Waals surface area contributed by atoms with Gasteiger partial charge in [0.05, 0.1) is 18.0 Å². The summed E-state index contributed by atoms with van der Waals surface area (Å²) in [6.45, 7) is 0.689. The Labute approximate surface area is 113 Å². The van der Waals surface area contributed by atoms with Gasteiger partial charge in [0.15, 0.2) is 0 Å². The zero-order chi connectivity index (χ0) is 14.3. The van der Waals surface area contributed by atoms with Crippen molar-refractivity contribution >= 4 is 15.7 Å². The average Bonchev–Trinajstić information content (AvgIpc) is 2.37. The number of methoxy groups -OCH3 is 1. The maximum absolute atomic E-state index is 13.2. The molecule has 0 aliphatic heterocycles. The van der Waals surface area contributed by atoms with E-state index >= 15 is 0 Å². The number of sulfonamides is 1. The monoisotopic (exact) mass is 290 g/mol. The SMILES string of the molecule is COCCS(=O)(=O)N(CCCN)c1cccc(F)c1. The largest absolute Gasteiger partial charge is 0.384 e. The molecule has 0 saturated carbocycles. The lowest BCUT2D eigenvalue weighted by Gasteiger charge is -2.24. The predicted octanol–water partition coefficient (Wildman–Crippen LogP) is 0.957. The van der Waals surface area contributed by atoms with Crippen molar-refractivity contribution in [2.75, 3.05) is 36.9 Å². The minimum atomic E-state index is -3.54. The zero-order valence-corrected chi connectivity index (χ0v) is 11.7. The van der Waals surface area contributed by atoms with Gasteiger partial charge in [0.25, 0.3) is 0 Å². The Hall–Kier alpha value is -1.18. The van der Waals surface area contributed by atoms with E-state index in [0.717, 1.165) is 0 Å². The van der Waals surface area contributed by atoms with Crippen molar-refractivity contribution in [3.63, 3.8) is 0 Å². The molecule has 1 aromatic carbocycles. The number of halogens is 1. The summed E-state index contributed by atoms with van der Waals surface area (Å²) >= 11 is 0. The van der Waals surface area contributed by atoms with Crippen LogP contribution in [0.15, 0.2) is 24.3 Å². The average molecular weight is 290 g/mol. The molecular formula is C12H19FN2O3S. The first kappa shape index (κ1) is 15.9. The molecule has 0 heterocycles. The third-order valence-electron chi connectivity index (χ3n) is 2.54. The van der Waals surface area contributed by atoms with Gasteiger partial charge in [-0.3, -0.25) is 4.31 Å². The number of benzene rings is 1. The van der Waals surface area contributed by atoms with E-state index < -0.39 is 15.8 Å². The first-order valence-electron chi connectivity index (χ1n) is 5.96. The van der Waals surface area contributed by atoms with Crippen LogP contribution in [0.1, 0.15) is 6.42 Å². The van der Waals surface area contributed by atoms with Crippen LogP contribution in [0.5, 0.6) is 0 Å². The Balaban J connectivity index is 3.00. The van der Waals surface area contributed by atoms with E-state index in [4.69, 9.17) is 10.5 Å². The first-order chi connectivity index (χ1) is 9.01. The fourth-order valence-electron chi connectivity index (χ4n) is 1.59. The maximum atomic E-state index is 13.2. The van der Waals surface area contributed by atoms with Crippen molar-refractivity contribution in [2.45, 2.75) is 6.42 Å². The van der Waals surface area contributed by atoms with Crippen LogP contribution in [-0.4, -0.2) is 41.0 Å². The molecule has 0 spiro atoms. The number of hydrogen-bond acceptors (Lipinski definition) is 4. The molecule has 19 heavy (non-hydrogen) atoms. The number of rotatable bonds is 8. The second-order valence-electron chi connectivity index (χ2n) is 4.00. The van der Waals surface area contributed by atoms with E-state index in [0.29, 0.717) is 18.7 Å². The third-order valence-corrected chi connectivity index (χ3v) is 4.29. The Morgan fingerprint density at radius 2 is 2.16 bits per heavy atom. The van der Waals surface area contributed by atoms with Gasteiger partial charge in [-0.1, -0.05) is 6.07 Å². The molecule has 108 valence electrons. The highest BCUT2D eigenvalue weighted by molar-refractivity contribution is 7.92. The lowest BCUT2D eigenvalue weighted by Crippen LogP contribution is -2.36. The molecule has 0 bridgehead atoms. The van der Waals surface area contributed by atoms with E-state index in [1.165, 1.54) is 29.6 Å². The van der Waals surface area contributed by atoms with Gasteiger partial charge < -0.3 is 10.5 Å². The molecule has 0 unspecified atom stereocenters. The van der Waals surface area contributed by atoms with Crippen LogP contribution in [0.2, 0.25) is 0 Å². The molecule has 7 heteroatoms. The van der Waals surface area contributed by atoms with Crippen LogP contribution < -0.4 is 10.0 Å². The van der Waals surface area contributed by atoms with E-state index in [2.05, 4.69) is 0 Å². The third kappa shape index (κ3) is 4.77. The predicted molar refractivity (Wildman–Crippen MR) is 73.1 cm³/mol. The van der Waals surface area contributed by atoms with Crippen molar-refractivity contribution in [3.8, 4) is 0 Å². The summed E-state index contributed by atoms with van der Waals surface area (Å²) in [5, 5.41) is 0. The van der Waals surface area contributed by atoms with Gasteiger partial charge in [-0.2, -0.15) is 0 Å². The van der Waals surface area contributed by atoms with E-state index in [1.807, 2.05) is 0 Å². The summed E-state index contributed by atoms with van der Waals surface area (Å²) in [4.78, 5) is 0. The van der Waals surface area contributed by atoms with E-state index in [1.54, 1.807) is 6.07 Å². The van der Waals surface area contributed by atoms with Gasteiger partial charge in [0.2, 0.25) is 10.0 Å². The van der Waals surface area contributed by atoms with Crippen LogP contribution in [-0.2, 0) is 14.8 Å². The molecular weight excluding hydrogens is 271 g/mol. The lowest BCUT2D eigenvalue weighted by atomic mass is 10.3. The highest BCUT2D eigenvalue weighted by Crippen LogP contribution is 2.19. The molecule has 0 aliphatic rings. The molecule has 0 fully saturated rings. The fraction of sp³-hybridized carbons (Fsp3) is 0.500. The standard InChI is InChI=1S/C12H19FN2O3S/c1-18-8-9-19(16,17)15(7-3-6-14)12-5-2-4-11(13)10-12/h2,4-5,10H,3,6-9,14H2,1H3. The summed E-state index contributed by atoms with van der Waals surface area (Å²) in [5.74, 6) is -0.623. The first-order valence-corrected chi connectivity index (χ1v) is 7.57. The lowest BCUT2D eigenvalue weighted by molar-refractivity contribution is 0.217. The molecule has 1 rings (SSSR count). The van der Waals surface area contributed by atoms with Crippen LogP contribution in [0.25, 0.3) is 0 Å². The number of nitrogens with two attached hydrogens (primary N) is 1. The normalized spacial score (nSPS) is 11.5. The smallest absolute Gasteiger partial charge is 0.237 e. The van der Waals surface area contributed by atoms with E-state index in [-0.39, 0.29) is 18.9 Å². The van der Waals surface area contributed by atoms with Crippen molar-refractivity contribution in [3.05, 3.63) is 30.1 Å². The van der Waals surface area contributed by atoms with Gasteiger partial charge in [-0.15, -0.1) is 0 Å². The van der Waals surface area contributed by atoms with E-state index in [9.17, 15) is 12.8 Å². The van der Waals surface area contributed by atoms with Crippen LogP contribution in [0, 0.1) is 5.82 Å². The highest BCUT2D eigenvalue weighted by atomic mass is 32.2. The Bertz CT molecular complexity index is 494. The number of nitrogens with zero attached hydrogens (tertiary/aromatic N) is 1. The maximum Gasteiger partial charge on any atom is 0.237 e. The fourth-order valence-corrected chi connectivity index (χ4v) is 3.03. The summed E-state index contributed by atoms with van der Waals surface area (Å²) in [7, 11) is -2.11. The summed E-state index contributed by atoms with van der Waals surface area (Å²) < 4.78 is 43.6. The van der Waals surface area contributed by atoms with Crippen molar-refractivity contribution in [1.29, 1.82) is 0 Å². The van der Waals surface area contributed by atoms with Crippen LogP contribution in [0.3, 0.4) is 0 Å². The second kappa shape index (κ2) is 7.42. The summed E-state index contributed by atoms with van der Waals surface area (Å²) in [5.41, 5.74) is 5.72. The van der Waals surface area contributed by atoms with Gasteiger partial charge in [0, 0.05) is 13.7 Å². The number of hydrogen-bond donors (Lipinski definition) is 1. The molecule has 1 aromatic rings. The second-order valence-corrected chi connectivity index (χ2v) is 6.02. The molecule has 0 amide bonds. The van der Waals surface area contributed by atoms with Gasteiger partial charge in [-0.05, 0) is 31.2 Å². The van der Waals surface area contributed by atoms with Crippen molar-refractivity contribution in [1.82, 2.24) is 0 Å². The topological polar surface area (TPSA) is 72.6 Å². The zero-order valence-electron chi connectivity index (χ0n) is 10.9. The van der Waals surface area contributed by atoms with Gasteiger partial charge in [0.1, 0.15) is 5.82 Å². The van der Waals surface area contributed by atoms with Crippen molar-refractivity contribution < 1.29 is 17.5 Å². The Morgan fingerprint density at radius 1 is 1.42 bits per heavy atom. The molecule has 0 atom stereocenters. The molecule has 0 aromatic heterocycles. The van der Waals surface area contributed by atoms with Crippen LogP contribution >= 0.6 is 0 Å². The molecule has 2 N–H and O–H groups in total. The molecule has 0 radical (unpaired) electrons. The van der Waals surface area contributed by atoms with Crippen LogP contribution in [0.4, 0.5) is 10.1 Å². The van der Waals surface area contributed by atoms with Gasteiger partial charge in [-0.25, -0.2) is 12.8 Å². The highest BCUT2D eigenvalue weighted by Gasteiger charge is 2.22. The summed E-state index contributed by atoms with van der Waals surface area (Å²) in [6.07, 6.45) is 0.503. The molecule has 0 aliphatic carbocycles. The quantitative estimate of drug-likeness (QED) is 0.774. The molecule has 5 nitrogen and oxygen atoms in total. The number of ether oxygens (including phenoxy) is 1. The number of anilines is 1. The summed E-state index contributed by atoms with van der Waals surface area (Å²) in [6, 6.07) is 5.50. The molecule has 0 saturated heterocycles. The minimum absolute atomic E-state index is 0.0940. The minimum Gasteiger partial charge on any atom is -0.384 e.